The highest BCUT2D eigenvalue weighted by Crippen LogP contribution is 2.33. The lowest BCUT2D eigenvalue weighted by Crippen LogP contribution is -2.37. The van der Waals surface area contributed by atoms with Gasteiger partial charge in [-0.1, -0.05) is 0 Å². The van der Waals surface area contributed by atoms with E-state index in [1.54, 1.807) is 20.4 Å². The number of carbonyl (C=O) groups is 1. The van der Waals surface area contributed by atoms with E-state index in [1.807, 2.05) is 18.2 Å². The van der Waals surface area contributed by atoms with Gasteiger partial charge in [0.2, 0.25) is 0 Å². The normalized spacial score (nSPS) is 10.6. The predicted octanol–water partition coefficient (Wildman–Crippen LogP) is 1.62. The molecule has 0 radical (unpaired) electrons. The van der Waals surface area contributed by atoms with Crippen molar-refractivity contribution in [3.8, 4) is 11.5 Å². The van der Waals surface area contributed by atoms with Crippen LogP contribution in [0.15, 0.2) is 24.4 Å². The Bertz CT molecular complexity index is 676. The van der Waals surface area contributed by atoms with Crippen molar-refractivity contribution in [3.05, 3.63) is 29.5 Å². The van der Waals surface area contributed by atoms with Crippen LogP contribution in [0.5, 0.6) is 11.5 Å². The second-order valence-corrected chi connectivity index (χ2v) is 4.25. The Hall–Kier alpha value is -2.22. The number of alkyl halides is 3. The van der Waals surface area contributed by atoms with Crippen LogP contribution in [0, 0.1) is 0 Å². The first-order valence-electron chi connectivity index (χ1n) is 5.70. The standard InChI is InChI=1S/C11H10ClNO2.C2HF3O2/c1-14-9-5-7-3-4-13-11(12)8(7)6-10(9)15-2;3-2(4,5)1(6)7/h3-6H,1-2H3;(H,6,7). The molecule has 0 bridgehead atoms. The number of carboxylic acids is 1. The quantitative estimate of drug-likeness (QED) is 0.781. The van der Waals surface area contributed by atoms with Crippen LogP contribution in [0.4, 0.5) is 13.2 Å². The van der Waals surface area contributed by atoms with Crippen LogP contribution in [-0.2, 0) is 4.79 Å². The molecule has 0 saturated carbocycles. The van der Waals surface area contributed by atoms with Gasteiger partial charge in [0.1, 0.15) is 5.97 Å². The summed E-state index contributed by atoms with van der Waals surface area (Å²) in [6.07, 6.45) is -3.41. The summed E-state index contributed by atoms with van der Waals surface area (Å²) in [6.45, 7) is 0. The van der Waals surface area contributed by atoms with E-state index in [1.165, 1.54) is 0 Å². The van der Waals surface area contributed by atoms with Gasteiger partial charge in [-0.15, -0.1) is 0 Å². The van der Waals surface area contributed by atoms with Gasteiger partial charge in [0.15, 0.2) is 17.7 Å². The number of H-pyrrole nitrogens is 1. The van der Waals surface area contributed by atoms with Crippen molar-refractivity contribution >= 4 is 28.3 Å². The number of rotatable bonds is 2. The van der Waals surface area contributed by atoms with Crippen LogP contribution in [0.25, 0.3) is 10.8 Å². The van der Waals surface area contributed by atoms with Gasteiger partial charge in [0.25, 0.3) is 5.15 Å². The van der Waals surface area contributed by atoms with Gasteiger partial charge in [-0.05, 0) is 29.1 Å². The summed E-state index contributed by atoms with van der Waals surface area (Å²) in [5, 5.41) is 11.3. The van der Waals surface area contributed by atoms with Crippen LogP contribution in [0.3, 0.4) is 0 Å². The SMILES string of the molecule is COc1cc2cc[nH+]c(Cl)c2cc1OC.O=C([O-])C(F)(F)F. The molecule has 0 unspecified atom stereocenters. The Morgan fingerprint density at radius 1 is 1.23 bits per heavy atom. The summed E-state index contributed by atoms with van der Waals surface area (Å²) in [5.74, 6) is -1.63. The van der Waals surface area contributed by atoms with Crippen LogP contribution in [-0.4, -0.2) is 26.4 Å². The van der Waals surface area contributed by atoms with Crippen molar-refractivity contribution in [3.63, 3.8) is 0 Å². The molecule has 1 aromatic carbocycles. The summed E-state index contributed by atoms with van der Waals surface area (Å²) in [6, 6.07) is 5.68. The summed E-state index contributed by atoms with van der Waals surface area (Å²) < 4.78 is 42.0. The van der Waals surface area contributed by atoms with Crippen LogP contribution in [0.1, 0.15) is 0 Å². The van der Waals surface area contributed by atoms with Gasteiger partial charge < -0.3 is 19.4 Å². The van der Waals surface area contributed by atoms with Crippen LogP contribution < -0.4 is 19.6 Å². The van der Waals surface area contributed by atoms with E-state index < -0.39 is 12.1 Å². The fraction of sp³-hybridized carbons (Fsp3) is 0.231. The molecule has 0 spiro atoms. The van der Waals surface area contributed by atoms with Crippen molar-refractivity contribution in [2.75, 3.05) is 14.2 Å². The first-order valence-corrected chi connectivity index (χ1v) is 6.08. The highest BCUT2D eigenvalue weighted by molar-refractivity contribution is 6.33. The monoisotopic (exact) mass is 337 g/mol. The minimum atomic E-state index is -5.19. The molecule has 1 N–H and O–H groups in total. The van der Waals surface area contributed by atoms with Crippen LogP contribution >= 0.6 is 11.6 Å². The average Bonchev–Trinajstić information content (AvgIpc) is 2.46. The minimum absolute atomic E-state index is 0.591. The fourth-order valence-corrected chi connectivity index (χ4v) is 1.73. The number of aliphatic carboxylic acids is 1. The number of methoxy groups -OCH3 is 2. The number of aromatic nitrogens is 1. The molecule has 2 aromatic rings. The Balaban J connectivity index is 0.000000295. The maximum absolute atomic E-state index is 10.5. The van der Waals surface area contributed by atoms with Crippen molar-refractivity contribution < 1.29 is 37.5 Å². The maximum Gasteiger partial charge on any atom is 0.430 e. The Kier molecular flexibility index (Phi) is 5.81. The van der Waals surface area contributed by atoms with E-state index in [-0.39, 0.29) is 0 Å². The lowest BCUT2D eigenvalue weighted by Gasteiger charge is -2.07. The van der Waals surface area contributed by atoms with E-state index in [0.29, 0.717) is 16.7 Å². The number of ether oxygens (including phenoxy) is 2. The third kappa shape index (κ3) is 4.39. The molecule has 1 aromatic heterocycles. The number of carboxylic acid groups (broad SMARTS) is 1. The van der Waals surface area contributed by atoms with Gasteiger partial charge >= 0.3 is 6.18 Å². The van der Waals surface area contributed by atoms with Gasteiger partial charge in [0.05, 0.1) is 19.6 Å². The van der Waals surface area contributed by atoms with Crippen molar-refractivity contribution in [2.24, 2.45) is 0 Å². The molecule has 2 rings (SSSR count). The molecule has 0 aliphatic carbocycles. The zero-order chi connectivity index (χ0) is 16.9. The van der Waals surface area contributed by atoms with Crippen molar-refractivity contribution in [1.29, 1.82) is 0 Å². The first-order chi connectivity index (χ1) is 10.2. The average molecular weight is 338 g/mol. The van der Waals surface area contributed by atoms with Gasteiger partial charge in [-0.3, -0.25) is 0 Å². The van der Waals surface area contributed by atoms with E-state index in [0.717, 1.165) is 10.8 Å². The second kappa shape index (κ2) is 7.17. The molecule has 5 nitrogen and oxygen atoms in total. The number of aromatic amines is 1. The maximum atomic E-state index is 10.5. The molecule has 0 amide bonds. The summed E-state index contributed by atoms with van der Waals surface area (Å²) in [7, 11) is 3.21. The second-order valence-electron chi connectivity index (χ2n) is 3.87. The van der Waals surface area contributed by atoms with Gasteiger partial charge in [0, 0.05) is 6.07 Å². The number of benzene rings is 1. The zero-order valence-electron chi connectivity index (χ0n) is 11.5. The number of hydrogen-bond acceptors (Lipinski definition) is 4. The minimum Gasteiger partial charge on any atom is -0.542 e. The van der Waals surface area contributed by atoms with Crippen molar-refractivity contribution in [1.82, 2.24) is 0 Å². The van der Waals surface area contributed by atoms with Crippen molar-refractivity contribution in [2.45, 2.75) is 6.18 Å². The summed E-state index contributed by atoms with van der Waals surface area (Å²) in [4.78, 5) is 11.7. The molecular formula is C13H11ClF3NO4. The topological polar surface area (TPSA) is 72.7 Å². The van der Waals surface area contributed by atoms with E-state index >= 15 is 0 Å². The number of hydrogen-bond donors (Lipinski definition) is 0. The van der Waals surface area contributed by atoms with Gasteiger partial charge in [-0.2, -0.15) is 13.2 Å². The molecule has 0 saturated heterocycles. The number of pyridine rings is 1. The molecule has 0 aliphatic rings. The Labute approximate surface area is 128 Å². The van der Waals surface area contributed by atoms with Gasteiger partial charge in [-0.25, -0.2) is 4.98 Å². The van der Waals surface area contributed by atoms with E-state index in [4.69, 9.17) is 31.0 Å². The lowest BCUT2D eigenvalue weighted by molar-refractivity contribution is -0.373. The molecular weight excluding hydrogens is 327 g/mol. The number of nitrogens with one attached hydrogen (secondary N) is 1. The molecule has 9 heteroatoms. The van der Waals surface area contributed by atoms with E-state index in [9.17, 15) is 13.2 Å². The number of carbonyl (C=O) groups excluding carboxylic acids is 1. The molecule has 120 valence electrons. The molecule has 0 fully saturated rings. The third-order valence-corrected chi connectivity index (χ3v) is 2.81. The molecule has 1 heterocycles. The zero-order valence-corrected chi connectivity index (χ0v) is 12.2. The Morgan fingerprint density at radius 3 is 2.18 bits per heavy atom. The third-order valence-electron chi connectivity index (χ3n) is 2.50. The Morgan fingerprint density at radius 2 is 1.73 bits per heavy atom. The highest BCUT2D eigenvalue weighted by atomic mass is 35.5. The lowest BCUT2D eigenvalue weighted by atomic mass is 10.1. The predicted molar refractivity (Wildman–Crippen MR) is 69.7 cm³/mol. The van der Waals surface area contributed by atoms with Crippen LogP contribution in [0.2, 0.25) is 5.15 Å². The van der Waals surface area contributed by atoms with E-state index in [2.05, 4.69) is 4.98 Å². The highest BCUT2D eigenvalue weighted by Gasteiger charge is 2.28. The fourth-order valence-electron chi connectivity index (χ4n) is 1.51. The number of halogens is 4. The number of fused-ring (bicyclic) bond motifs is 1. The summed E-state index contributed by atoms with van der Waals surface area (Å²) in [5.41, 5.74) is 0. The summed E-state index contributed by atoms with van der Waals surface area (Å²) >= 11 is 6.03. The molecule has 22 heavy (non-hydrogen) atoms. The molecule has 0 aliphatic heterocycles. The first kappa shape index (κ1) is 17.8. The smallest absolute Gasteiger partial charge is 0.430 e. The molecule has 0 atom stereocenters. The largest absolute Gasteiger partial charge is 0.542 e.